The summed E-state index contributed by atoms with van der Waals surface area (Å²) >= 11 is 0. The molecule has 4 N–H and O–H groups in total. The van der Waals surface area contributed by atoms with E-state index in [-0.39, 0.29) is 67.9 Å². The van der Waals surface area contributed by atoms with Crippen molar-refractivity contribution in [1.29, 1.82) is 0 Å². The summed E-state index contributed by atoms with van der Waals surface area (Å²) in [5.74, 6) is 5.78. The molecular weight excluding hydrogens is 539 g/mol. The van der Waals surface area contributed by atoms with Gasteiger partial charge in [-0.2, -0.15) is 0 Å². The summed E-state index contributed by atoms with van der Waals surface area (Å²) in [4.78, 5) is 40.3. The molecule has 10 heteroatoms. The van der Waals surface area contributed by atoms with E-state index in [1.807, 2.05) is 24.3 Å². The van der Waals surface area contributed by atoms with E-state index in [9.17, 15) is 23.9 Å². The minimum Gasteiger partial charge on any atom is -0.393 e. The van der Waals surface area contributed by atoms with Crippen molar-refractivity contribution in [3.8, 4) is 11.8 Å². The summed E-state index contributed by atoms with van der Waals surface area (Å²) < 4.78 is 18.8. The number of likely N-dealkylation sites (tertiary alicyclic amines) is 1. The Morgan fingerprint density at radius 1 is 1.07 bits per heavy atom. The highest BCUT2D eigenvalue weighted by atomic mass is 19.1. The van der Waals surface area contributed by atoms with E-state index in [0.29, 0.717) is 18.5 Å². The van der Waals surface area contributed by atoms with E-state index in [2.05, 4.69) is 27.8 Å². The Balaban J connectivity index is 1.15. The van der Waals surface area contributed by atoms with Crippen LogP contribution in [0.15, 0.2) is 48.5 Å². The molecule has 5 atom stereocenters. The molecule has 3 fully saturated rings. The molecule has 222 valence electrons. The predicted molar refractivity (Wildman–Crippen MR) is 154 cm³/mol. The Morgan fingerprint density at radius 2 is 1.74 bits per heavy atom. The third-order valence-electron chi connectivity index (χ3n) is 8.09. The van der Waals surface area contributed by atoms with Crippen molar-refractivity contribution in [3.63, 3.8) is 0 Å². The average molecular weight is 577 g/mol. The van der Waals surface area contributed by atoms with Crippen LogP contribution in [-0.4, -0.2) is 85.4 Å². The summed E-state index contributed by atoms with van der Waals surface area (Å²) in [5.41, 5.74) is 2.93. The number of aliphatic hydroxyl groups is 1. The molecule has 0 radical (unpaired) electrons. The Morgan fingerprint density at radius 3 is 2.31 bits per heavy atom. The molecule has 2 aliphatic heterocycles. The Kier molecular flexibility index (Phi) is 9.52. The number of amides is 3. The van der Waals surface area contributed by atoms with E-state index < -0.39 is 12.2 Å². The number of carbonyl (C=O) groups is 3. The van der Waals surface area contributed by atoms with E-state index >= 15 is 0 Å². The van der Waals surface area contributed by atoms with Gasteiger partial charge in [0, 0.05) is 61.8 Å². The molecular formula is C32H37FN4O5. The number of methoxy groups -OCH3 is 1. The number of nitrogens with zero attached hydrogens (tertiary/aromatic N) is 1. The first-order valence-electron chi connectivity index (χ1n) is 14.5. The minimum atomic E-state index is -1.03. The second-order valence-electron chi connectivity index (χ2n) is 11.2. The lowest BCUT2D eigenvalue weighted by molar-refractivity contribution is -0.133. The van der Waals surface area contributed by atoms with Crippen LogP contribution in [0.1, 0.15) is 58.8 Å². The molecule has 1 aliphatic carbocycles. The van der Waals surface area contributed by atoms with E-state index in [0.717, 1.165) is 29.5 Å². The normalized spacial score (nSPS) is 24.0. The zero-order valence-corrected chi connectivity index (χ0v) is 23.6. The van der Waals surface area contributed by atoms with Crippen molar-refractivity contribution < 1.29 is 28.6 Å². The molecule has 3 amide bonds. The lowest BCUT2D eigenvalue weighted by Crippen LogP contribution is -2.46. The number of hydrogen-bond acceptors (Lipinski definition) is 6. The quantitative estimate of drug-likeness (QED) is 0.338. The average Bonchev–Trinajstić information content (AvgIpc) is 3.65. The first-order valence-corrected chi connectivity index (χ1v) is 14.5. The molecule has 0 spiro atoms. The van der Waals surface area contributed by atoms with Gasteiger partial charge in [0.05, 0.1) is 18.7 Å². The molecule has 2 aromatic carbocycles. The zero-order valence-electron chi connectivity index (χ0n) is 23.6. The third kappa shape index (κ3) is 7.34. The van der Waals surface area contributed by atoms with Crippen molar-refractivity contribution in [2.24, 2.45) is 5.92 Å². The Labute approximate surface area is 245 Å². The van der Waals surface area contributed by atoms with Crippen LogP contribution in [0.2, 0.25) is 0 Å². The fraction of sp³-hybridized carbons (Fsp3) is 0.469. The van der Waals surface area contributed by atoms with Gasteiger partial charge in [-0.1, -0.05) is 24.0 Å². The number of benzene rings is 2. The first-order chi connectivity index (χ1) is 20.3. The second-order valence-corrected chi connectivity index (χ2v) is 11.2. The third-order valence-corrected chi connectivity index (χ3v) is 8.09. The van der Waals surface area contributed by atoms with Gasteiger partial charge < -0.3 is 30.7 Å². The van der Waals surface area contributed by atoms with Gasteiger partial charge in [0.25, 0.3) is 5.91 Å². The van der Waals surface area contributed by atoms with Crippen LogP contribution in [0, 0.1) is 17.8 Å². The van der Waals surface area contributed by atoms with Gasteiger partial charge in [-0.15, -0.1) is 0 Å². The Bertz CT molecular complexity index is 1330. The monoisotopic (exact) mass is 576 g/mol. The van der Waals surface area contributed by atoms with Crippen molar-refractivity contribution in [2.75, 3.05) is 33.4 Å². The van der Waals surface area contributed by atoms with Crippen LogP contribution < -0.4 is 16.0 Å². The topological polar surface area (TPSA) is 120 Å². The lowest BCUT2D eigenvalue weighted by atomic mass is 10.1. The van der Waals surface area contributed by atoms with Crippen molar-refractivity contribution in [1.82, 2.24) is 20.9 Å². The lowest BCUT2D eigenvalue weighted by Gasteiger charge is -2.25. The number of hydrogen-bond donors (Lipinski definition) is 4. The zero-order chi connectivity index (χ0) is 29.6. The SMILES string of the molecule is CO[C@H](CO)c1ccc(C#Cc2ccc(C(=O)NC[C@H]3C[C@@H](NC(=O)[C@@H]4C[C@H](F)CN4)CN3C(=O)C3CC3)cc2)cc1. The predicted octanol–water partition coefficient (Wildman–Crippen LogP) is 1.69. The van der Waals surface area contributed by atoms with Gasteiger partial charge >= 0.3 is 0 Å². The molecule has 42 heavy (non-hydrogen) atoms. The summed E-state index contributed by atoms with van der Waals surface area (Å²) in [6, 6.07) is 13.4. The highest BCUT2D eigenvalue weighted by Gasteiger charge is 2.42. The van der Waals surface area contributed by atoms with Crippen LogP contribution in [0.4, 0.5) is 4.39 Å². The summed E-state index contributed by atoms with van der Waals surface area (Å²) in [6.07, 6.45) is 1.02. The number of nitrogens with one attached hydrogen (secondary N) is 3. The molecule has 3 aliphatic rings. The van der Waals surface area contributed by atoms with E-state index in [1.165, 1.54) is 0 Å². The van der Waals surface area contributed by atoms with Gasteiger partial charge in [0.1, 0.15) is 12.3 Å². The Hall–Kier alpha value is -3.78. The van der Waals surface area contributed by atoms with Gasteiger partial charge in [0.15, 0.2) is 0 Å². The number of rotatable bonds is 9. The van der Waals surface area contributed by atoms with Crippen molar-refractivity contribution in [2.45, 2.75) is 56.1 Å². The number of aliphatic hydroxyl groups excluding tert-OH is 1. The molecule has 0 unspecified atom stereocenters. The van der Waals surface area contributed by atoms with Crippen LogP contribution in [0.5, 0.6) is 0 Å². The van der Waals surface area contributed by atoms with Crippen LogP contribution in [0.25, 0.3) is 0 Å². The number of carbonyl (C=O) groups excluding carboxylic acids is 3. The molecule has 1 saturated carbocycles. The maximum absolute atomic E-state index is 13.5. The highest BCUT2D eigenvalue weighted by molar-refractivity contribution is 5.94. The molecule has 2 heterocycles. The second kappa shape index (κ2) is 13.5. The van der Waals surface area contributed by atoms with E-state index in [1.54, 1.807) is 36.3 Å². The molecule has 9 nitrogen and oxygen atoms in total. The van der Waals surface area contributed by atoms with Crippen molar-refractivity contribution in [3.05, 3.63) is 70.8 Å². The van der Waals surface area contributed by atoms with Gasteiger partial charge in [-0.3, -0.25) is 14.4 Å². The van der Waals surface area contributed by atoms with Crippen molar-refractivity contribution >= 4 is 17.7 Å². The molecule has 2 aromatic rings. The minimum absolute atomic E-state index is 0.0239. The first kappa shape index (κ1) is 29.7. The fourth-order valence-electron chi connectivity index (χ4n) is 5.50. The largest absolute Gasteiger partial charge is 0.393 e. The summed E-state index contributed by atoms with van der Waals surface area (Å²) in [7, 11) is 1.55. The van der Waals surface area contributed by atoms with E-state index in [4.69, 9.17) is 4.74 Å². The van der Waals surface area contributed by atoms with Crippen LogP contribution in [-0.2, 0) is 14.3 Å². The number of halogens is 1. The maximum atomic E-state index is 13.5. The summed E-state index contributed by atoms with van der Waals surface area (Å²) in [6.45, 7) is 0.735. The number of ether oxygens (including phenoxy) is 1. The maximum Gasteiger partial charge on any atom is 0.251 e. The highest BCUT2D eigenvalue weighted by Crippen LogP contribution is 2.33. The van der Waals surface area contributed by atoms with Gasteiger partial charge in [0.2, 0.25) is 11.8 Å². The number of alkyl halides is 1. The van der Waals surface area contributed by atoms with Gasteiger partial charge in [-0.05, 0) is 61.2 Å². The molecule has 5 rings (SSSR count). The van der Waals surface area contributed by atoms with Crippen LogP contribution in [0.3, 0.4) is 0 Å². The summed E-state index contributed by atoms with van der Waals surface area (Å²) in [5, 5.41) is 18.2. The van der Waals surface area contributed by atoms with Crippen LogP contribution >= 0.6 is 0 Å². The van der Waals surface area contributed by atoms with Gasteiger partial charge in [-0.25, -0.2) is 4.39 Å². The fourth-order valence-corrected chi connectivity index (χ4v) is 5.50. The smallest absolute Gasteiger partial charge is 0.251 e. The molecule has 0 bridgehead atoms. The molecule has 2 saturated heterocycles. The molecule has 0 aromatic heterocycles. The standard InChI is InChI=1S/C32H37FN4O5/c1-42-29(19-38)22-8-4-20(5-9-22)2-3-21-6-10-23(11-7-21)30(39)35-17-27-15-26(18-37(27)32(41)24-12-13-24)36-31(40)28-14-25(33)16-34-28/h4-11,24-29,34,38H,12-19H2,1H3,(H,35,39)(H,36,40)/t25-,26+,27+,28-,29+/m0/s1.